The number of carbonyl (C=O) groups excluding carboxylic acids is 2. The normalized spacial score (nSPS) is 17.9. The van der Waals surface area contributed by atoms with E-state index in [-0.39, 0.29) is 0 Å². The Balaban J connectivity index is 4.91. The van der Waals surface area contributed by atoms with Crippen molar-refractivity contribution < 1.29 is 9.59 Å². The van der Waals surface area contributed by atoms with Crippen molar-refractivity contribution in [2.45, 2.75) is 17.7 Å². The Morgan fingerprint density at radius 2 is 2.08 bits per heavy atom. The molecule has 2 atom stereocenters. The molecule has 4 nitrogen and oxygen atoms in total. The summed E-state index contributed by atoms with van der Waals surface area (Å²) >= 11 is 1.29. The van der Waals surface area contributed by atoms with Crippen LogP contribution in [0.1, 0.15) is 6.92 Å². The highest BCUT2D eigenvalue weighted by molar-refractivity contribution is 8.00. The summed E-state index contributed by atoms with van der Waals surface area (Å²) in [4.78, 5) is 23.7. The minimum atomic E-state index is -0.856. The van der Waals surface area contributed by atoms with Crippen LogP contribution in [0.25, 0.3) is 0 Å². The molecular formula is C8H16N2O2S. The second kappa shape index (κ2) is 4.62. The Bertz CT molecular complexity index is 208. The van der Waals surface area contributed by atoms with Gasteiger partial charge in [0.2, 0.25) is 5.91 Å². The molecule has 0 fully saturated rings. The van der Waals surface area contributed by atoms with Crippen molar-refractivity contribution in [2.24, 2.45) is 5.73 Å². The van der Waals surface area contributed by atoms with E-state index in [0.29, 0.717) is 0 Å². The second-order valence-electron chi connectivity index (χ2n) is 3.22. The van der Waals surface area contributed by atoms with Gasteiger partial charge in [0.1, 0.15) is 11.0 Å². The molecule has 0 aromatic carbocycles. The number of hydrogen-bond acceptors (Lipinski definition) is 4. The highest BCUT2D eigenvalue weighted by Gasteiger charge is 2.40. The van der Waals surface area contributed by atoms with Crippen molar-refractivity contribution >= 4 is 24.0 Å². The zero-order chi connectivity index (χ0) is 10.6. The van der Waals surface area contributed by atoms with E-state index in [1.54, 1.807) is 32.2 Å². The first-order valence-electron chi connectivity index (χ1n) is 3.87. The molecule has 0 aliphatic rings. The predicted molar refractivity (Wildman–Crippen MR) is 54.7 cm³/mol. The van der Waals surface area contributed by atoms with E-state index in [1.807, 2.05) is 0 Å². The minimum Gasteiger partial charge on any atom is -0.368 e. The molecule has 0 unspecified atom stereocenters. The molecule has 76 valence electrons. The molecule has 0 aliphatic carbocycles. The van der Waals surface area contributed by atoms with E-state index < -0.39 is 16.7 Å². The van der Waals surface area contributed by atoms with E-state index in [1.165, 1.54) is 11.8 Å². The quantitative estimate of drug-likeness (QED) is 0.626. The van der Waals surface area contributed by atoms with Crippen molar-refractivity contribution in [1.29, 1.82) is 0 Å². The highest BCUT2D eigenvalue weighted by atomic mass is 32.2. The van der Waals surface area contributed by atoms with E-state index in [9.17, 15) is 9.59 Å². The zero-order valence-corrected chi connectivity index (χ0v) is 9.22. The first kappa shape index (κ1) is 12.4. The summed E-state index contributed by atoms with van der Waals surface area (Å²) in [5.41, 5.74) is 5.25. The fourth-order valence-corrected chi connectivity index (χ4v) is 1.82. The van der Waals surface area contributed by atoms with Gasteiger partial charge in [-0.25, -0.2) is 0 Å². The number of amides is 1. The van der Waals surface area contributed by atoms with Gasteiger partial charge in [0.15, 0.2) is 0 Å². The number of aldehydes is 1. The second-order valence-corrected chi connectivity index (χ2v) is 4.48. The Hall–Kier alpha value is -0.550. The molecule has 2 N–H and O–H groups in total. The van der Waals surface area contributed by atoms with E-state index in [0.717, 1.165) is 6.29 Å². The molecule has 0 saturated heterocycles. The molecule has 0 aromatic rings. The lowest BCUT2D eigenvalue weighted by Gasteiger charge is -2.33. The van der Waals surface area contributed by atoms with Gasteiger partial charge in [0.05, 0.1) is 6.04 Å². The van der Waals surface area contributed by atoms with Gasteiger partial charge in [-0.05, 0) is 27.3 Å². The van der Waals surface area contributed by atoms with Crippen LogP contribution in [0.15, 0.2) is 0 Å². The van der Waals surface area contributed by atoms with Crippen LogP contribution in [-0.2, 0) is 9.59 Å². The van der Waals surface area contributed by atoms with Crippen LogP contribution in [-0.4, -0.2) is 48.2 Å². The Morgan fingerprint density at radius 1 is 1.62 bits per heavy atom. The summed E-state index contributed by atoms with van der Waals surface area (Å²) in [5, 5.41) is 0. The van der Waals surface area contributed by atoms with Crippen LogP contribution in [0.5, 0.6) is 0 Å². The maximum absolute atomic E-state index is 11.2. The van der Waals surface area contributed by atoms with Crippen molar-refractivity contribution in [2.75, 3.05) is 20.4 Å². The van der Waals surface area contributed by atoms with Gasteiger partial charge in [-0.2, -0.15) is 0 Å². The van der Waals surface area contributed by atoms with Crippen LogP contribution in [0.4, 0.5) is 0 Å². The topological polar surface area (TPSA) is 63.4 Å². The number of carbonyl (C=O) groups is 2. The molecule has 0 spiro atoms. The molecule has 0 aliphatic heterocycles. The monoisotopic (exact) mass is 204 g/mol. The maximum atomic E-state index is 11.2. The zero-order valence-electron chi connectivity index (χ0n) is 8.40. The largest absolute Gasteiger partial charge is 0.368 e. The number of primary amides is 1. The Kier molecular flexibility index (Phi) is 4.43. The first-order valence-corrected chi connectivity index (χ1v) is 5.09. The smallest absolute Gasteiger partial charge is 0.235 e. The third-order valence-corrected chi connectivity index (χ3v) is 3.45. The van der Waals surface area contributed by atoms with Crippen LogP contribution in [0.2, 0.25) is 0 Å². The molecule has 1 amide bonds. The van der Waals surface area contributed by atoms with Gasteiger partial charge in [0.25, 0.3) is 0 Å². The van der Waals surface area contributed by atoms with Gasteiger partial charge in [-0.1, -0.05) is 0 Å². The van der Waals surface area contributed by atoms with E-state index in [2.05, 4.69) is 0 Å². The standard InChI is InChI=1S/C8H16N2O2S/c1-8(13-4,7(9)12)6(5-11)10(2)3/h5-6H,1-4H3,(H2,9,12)/t6-,8-/m1/s1. The summed E-state index contributed by atoms with van der Waals surface area (Å²) in [7, 11) is 3.49. The molecule has 0 radical (unpaired) electrons. The predicted octanol–water partition coefficient (Wildman–Crippen LogP) is -0.277. The lowest BCUT2D eigenvalue weighted by molar-refractivity contribution is -0.124. The molecule has 0 rings (SSSR count). The fourth-order valence-electron chi connectivity index (χ4n) is 1.11. The van der Waals surface area contributed by atoms with Gasteiger partial charge < -0.3 is 10.5 Å². The third-order valence-electron chi connectivity index (χ3n) is 2.16. The van der Waals surface area contributed by atoms with Crippen molar-refractivity contribution in [3.05, 3.63) is 0 Å². The lowest BCUT2D eigenvalue weighted by atomic mass is 10.0. The van der Waals surface area contributed by atoms with Crippen molar-refractivity contribution in [3.63, 3.8) is 0 Å². The van der Waals surface area contributed by atoms with Gasteiger partial charge in [0, 0.05) is 0 Å². The number of likely N-dealkylation sites (N-methyl/N-ethyl adjacent to an activating group) is 1. The first-order chi connectivity index (χ1) is 5.90. The summed E-state index contributed by atoms with van der Waals surface area (Å²) < 4.78 is -0.856. The summed E-state index contributed by atoms with van der Waals surface area (Å²) in [6.45, 7) is 1.68. The molecular weight excluding hydrogens is 188 g/mol. The molecule has 13 heavy (non-hydrogen) atoms. The highest BCUT2D eigenvalue weighted by Crippen LogP contribution is 2.27. The van der Waals surface area contributed by atoms with Crippen LogP contribution < -0.4 is 5.73 Å². The summed E-state index contributed by atoms with van der Waals surface area (Å²) in [5.74, 6) is -0.467. The van der Waals surface area contributed by atoms with Crippen LogP contribution in [0.3, 0.4) is 0 Å². The number of rotatable bonds is 5. The van der Waals surface area contributed by atoms with Crippen molar-refractivity contribution in [3.8, 4) is 0 Å². The summed E-state index contributed by atoms with van der Waals surface area (Å²) in [6.07, 6.45) is 2.52. The third kappa shape index (κ3) is 2.45. The van der Waals surface area contributed by atoms with E-state index in [4.69, 9.17) is 5.73 Å². The van der Waals surface area contributed by atoms with Crippen LogP contribution >= 0.6 is 11.8 Å². The Labute approximate surface area is 82.8 Å². The number of nitrogens with two attached hydrogens (primary N) is 1. The van der Waals surface area contributed by atoms with Gasteiger partial charge in [-0.15, -0.1) is 11.8 Å². The summed E-state index contributed by atoms with van der Waals surface area (Å²) in [6, 6.07) is -0.486. The average Bonchev–Trinajstić information content (AvgIpc) is 2.04. The lowest BCUT2D eigenvalue weighted by Crippen LogP contribution is -2.54. The molecule has 0 bridgehead atoms. The fraction of sp³-hybridized carbons (Fsp3) is 0.750. The number of nitrogens with zero attached hydrogens (tertiary/aromatic N) is 1. The average molecular weight is 204 g/mol. The maximum Gasteiger partial charge on any atom is 0.235 e. The van der Waals surface area contributed by atoms with Gasteiger partial charge in [-0.3, -0.25) is 9.69 Å². The van der Waals surface area contributed by atoms with Gasteiger partial charge >= 0.3 is 0 Å². The SMILES string of the molecule is CS[C@@](C)(C(N)=O)[C@@H](C=O)N(C)C. The van der Waals surface area contributed by atoms with Crippen molar-refractivity contribution in [1.82, 2.24) is 4.90 Å². The van der Waals surface area contributed by atoms with E-state index >= 15 is 0 Å². The molecule has 5 heteroatoms. The Morgan fingerprint density at radius 3 is 2.15 bits per heavy atom. The molecule has 0 heterocycles. The number of thioether (sulfide) groups is 1. The van der Waals surface area contributed by atoms with Crippen LogP contribution in [0, 0.1) is 0 Å². The number of hydrogen-bond donors (Lipinski definition) is 1. The molecule has 0 saturated carbocycles. The minimum absolute atomic E-state index is 0.467. The molecule has 0 aromatic heterocycles.